The van der Waals surface area contributed by atoms with Crippen LogP contribution in [0.5, 0.6) is 0 Å². The first-order chi connectivity index (χ1) is 6.57. The van der Waals surface area contributed by atoms with Crippen LogP contribution in [0.3, 0.4) is 0 Å². The number of amides is 1. The zero-order chi connectivity index (χ0) is 12.3. The van der Waals surface area contributed by atoms with Crippen molar-refractivity contribution in [3.8, 4) is 0 Å². The van der Waals surface area contributed by atoms with Crippen LogP contribution in [-0.2, 0) is 9.59 Å². The van der Waals surface area contributed by atoms with Crippen LogP contribution >= 0.6 is 0 Å². The quantitative estimate of drug-likeness (QED) is 0.761. The molecule has 0 aromatic heterocycles. The Morgan fingerprint density at radius 1 is 1.00 bits per heavy atom. The second kappa shape index (κ2) is 4.77. The van der Waals surface area contributed by atoms with E-state index in [2.05, 4.69) is 5.32 Å². The highest BCUT2D eigenvalue weighted by molar-refractivity contribution is 5.81. The van der Waals surface area contributed by atoms with E-state index in [1.807, 2.05) is 27.7 Å². The number of nitrogens with one attached hydrogen (secondary N) is 1. The van der Waals surface area contributed by atoms with E-state index in [1.165, 1.54) is 6.92 Å². The summed E-state index contributed by atoms with van der Waals surface area (Å²) in [6, 6.07) is 0. The Balaban J connectivity index is 4.25. The molecule has 0 unspecified atom stereocenters. The Morgan fingerprint density at radius 2 is 1.47 bits per heavy atom. The SMILES string of the molecule is CC(=O)NC(C)(C)CCC(C)(C)C(C)=O. The van der Waals surface area contributed by atoms with E-state index >= 15 is 0 Å². The lowest BCUT2D eigenvalue weighted by Crippen LogP contribution is -2.43. The minimum Gasteiger partial charge on any atom is -0.351 e. The lowest BCUT2D eigenvalue weighted by molar-refractivity contribution is -0.125. The molecule has 88 valence electrons. The lowest BCUT2D eigenvalue weighted by atomic mass is 9.80. The minimum atomic E-state index is -0.296. The van der Waals surface area contributed by atoms with Gasteiger partial charge in [0.25, 0.3) is 0 Å². The van der Waals surface area contributed by atoms with Gasteiger partial charge in [0.05, 0.1) is 0 Å². The van der Waals surface area contributed by atoms with Gasteiger partial charge in [0, 0.05) is 17.9 Å². The van der Waals surface area contributed by atoms with Crippen molar-refractivity contribution in [1.29, 1.82) is 0 Å². The normalized spacial score (nSPS) is 12.4. The maximum atomic E-state index is 11.3. The van der Waals surface area contributed by atoms with Crippen molar-refractivity contribution in [3.05, 3.63) is 0 Å². The van der Waals surface area contributed by atoms with Crippen LogP contribution in [0.15, 0.2) is 0 Å². The molecule has 0 aliphatic heterocycles. The molecule has 0 atom stereocenters. The largest absolute Gasteiger partial charge is 0.351 e. The Kier molecular flexibility index (Phi) is 4.50. The highest BCUT2D eigenvalue weighted by atomic mass is 16.1. The third kappa shape index (κ3) is 5.55. The summed E-state index contributed by atoms with van der Waals surface area (Å²) < 4.78 is 0. The summed E-state index contributed by atoms with van der Waals surface area (Å²) >= 11 is 0. The molecule has 0 saturated heterocycles. The first-order valence-electron chi connectivity index (χ1n) is 5.37. The third-order valence-corrected chi connectivity index (χ3v) is 2.84. The minimum absolute atomic E-state index is 0.0272. The van der Waals surface area contributed by atoms with Crippen molar-refractivity contribution < 1.29 is 9.59 Å². The number of rotatable bonds is 5. The molecule has 3 heteroatoms. The first-order valence-corrected chi connectivity index (χ1v) is 5.37. The van der Waals surface area contributed by atoms with Gasteiger partial charge in [-0.2, -0.15) is 0 Å². The lowest BCUT2D eigenvalue weighted by Gasteiger charge is -2.30. The van der Waals surface area contributed by atoms with E-state index in [0.717, 1.165) is 12.8 Å². The van der Waals surface area contributed by atoms with Gasteiger partial charge in [-0.25, -0.2) is 0 Å². The monoisotopic (exact) mass is 213 g/mol. The molecule has 3 nitrogen and oxygen atoms in total. The molecule has 0 saturated carbocycles. The number of hydrogen-bond donors (Lipinski definition) is 1. The van der Waals surface area contributed by atoms with Crippen molar-refractivity contribution in [2.24, 2.45) is 5.41 Å². The summed E-state index contributed by atoms with van der Waals surface area (Å²) in [5.41, 5.74) is -0.533. The molecule has 0 aromatic carbocycles. The van der Waals surface area contributed by atoms with E-state index in [9.17, 15) is 9.59 Å². The summed E-state index contributed by atoms with van der Waals surface area (Å²) in [4.78, 5) is 22.3. The summed E-state index contributed by atoms with van der Waals surface area (Å²) in [5.74, 6) is 0.168. The average molecular weight is 213 g/mol. The van der Waals surface area contributed by atoms with E-state index < -0.39 is 0 Å². The maximum Gasteiger partial charge on any atom is 0.217 e. The van der Waals surface area contributed by atoms with Crippen molar-refractivity contribution >= 4 is 11.7 Å². The van der Waals surface area contributed by atoms with E-state index in [-0.39, 0.29) is 22.6 Å². The molecule has 0 radical (unpaired) electrons. The molecule has 0 aliphatic rings. The van der Waals surface area contributed by atoms with Crippen LogP contribution in [-0.4, -0.2) is 17.2 Å². The second-order valence-electron chi connectivity index (χ2n) is 5.51. The highest BCUT2D eigenvalue weighted by Gasteiger charge is 2.27. The molecular formula is C12H23NO2. The van der Waals surface area contributed by atoms with Crippen LogP contribution in [0.25, 0.3) is 0 Å². The van der Waals surface area contributed by atoms with Gasteiger partial charge in [0.2, 0.25) is 5.91 Å². The Bertz CT molecular complexity index is 254. The van der Waals surface area contributed by atoms with Crippen LogP contribution in [0.1, 0.15) is 54.4 Å². The second-order valence-corrected chi connectivity index (χ2v) is 5.51. The Labute approximate surface area is 92.6 Å². The first kappa shape index (κ1) is 14.1. The number of carbonyl (C=O) groups excluding carboxylic acids is 2. The van der Waals surface area contributed by atoms with E-state index in [4.69, 9.17) is 0 Å². The van der Waals surface area contributed by atoms with E-state index in [1.54, 1.807) is 6.92 Å². The molecule has 0 fully saturated rings. The van der Waals surface area contributed by atoms with Gasteiger partial charge in [0.1, 0.15) is 5.78 Å². The zero-order valence-electron chi connectivity index (χ0n) is 10.7. The summed E-state index contributed by atoms with van der Waals surface area (Å²) in [7, 11) is 0. The number of Topliss-reactive ketones (excluding diaryl/α,β-unsaturated/α-hetero) is 1. The number of hydrogen-bond acceptors (Lipinski definition) is 2. The van der Waals surface area contributed by atoms with Gasteiger partial charge in [-0.15, -0.1) is 0 Å². The number of ketones is 1. The maximum absolute atomic E-state index is 11.3. The molecule has 1 N–H and O–H groups in total. The summed E-state index contributed by atoms with van der Waals surface area (Å²) in [5, 5.41) is 2.88. The molecule has 15 heavy (non-hydrogen) atoms. The average Bonchev–Trinajstić information content (AvgIpc) is 1.98. The topological polar surface area (TPSA) is 46.2 Å². The van der Waals surface area contributed by atoms with Gasteiger partial charge in [-0.3, -0.25) is 9.59 Å². The van der Waals surface area contributed by atoms with Crippen molar-refractivity contribution in [2.45, 2.75) is 59.9 Å². The molecule has 1 amide bonds. The molecule has 0 rings (SSSR count). The molecule has 0 spiro atoms. The summed E-state index contributed by atoms with van der Waals surface area (Å²) in [6.07, 6.45) is 1.59. The molecule has 0 aromatic rings. The third-order valence-electron chi connectivity index (χ3n) is 2.84. The predicted octanol–water partition coefficient (Wildman–Crippen LogP) is 2.30. The van der Waals surface area contributed by atoms with Crippen LogP contribution in [0.4, 0.5) is 0 Å². The number of carbonyl (C=O) groups is 2. The molecule has 0 aliphatic carbocycles. The smallest absolute Gasteiger partial charge is 0.217 e. The van der Waals surface area contributed by atoms with Crippen molar-refractivity contribution in [3.63, 3.8) is 0 Å². The molecule has 0 bridgehead atoms. The van der Waals surface area contributed by atoms with Crippen molar-refractivity contribution in [1.82, 2.24) is 5.32 Å². The van der Waals surface area contributed by atoms with Gasteiger partial charge >= 0.3 is 0 Å². The fourth-order valence-corrected chi connectivity index (χ4v) is 1.34. The van der Waals surface area contributed by atoms with Gasteiger partial charge in [-0.1, -0.05) is 13.8 Å². The van der Waals surface area contributed by atoms with E-state index in [0.29, 0.717) is 0 Å². The van der Waals surface area contributed by atoms with Gasteiger partial charge < -0.3 is 5.32 Å². The molecule has 0 heterocycles. The standard InChI is InChI=1S/C12H23NO2/c1-9(14)11(3,4)7-8-12(5,6)13-10(2)15/h7-8H2,1-6H3,(H,13,15). The Hall–Kier alpha value is -0.860. The van der Waals surface area contributed by atoms with Gasteiger partial charge in [0.15, 0.2) is 0 Å². The fourth-order valence-electron chi connectivity index (χ4n) is 1.34. The van der Waals surface area contributed by atoms with Crippen LogP contribution in [0.2, 0.25) is 0 Å². The van der Waals surface area contributed by atoms with Crippen molar-refractivity contribution in [2.75, 3.05) is 0 Å². The zero-order valence-corrected chi connectivity index (χ0v) is 10.7. The fraction of sp³-hybridized carbons (Fsp3) is 0.833. The molecular weight excluding hydrogens is 190 g/mol. The van der Waals surface area contributed by atoms with Gasteiger partial charge in [-0.05, 0) is 33.6 Å². The van der Waals surface area contributed by atoms with Crippen LogP contribution in [0, 0.1) is 5.41 Å². The highest BCUT2D eigenvalue weighted by Crippen LogP contribution is 2.27. The van der Waals surface area contributed by atoms with Crippen LogP contribution < -0.4 is 5.32 Å². The Morgan fingerprint density at radius 3 is 1.80 bits per heavy atom. The summed E-state index contributed by atoms with van der Waals surface area (Å²) in [6.45, 7) is 11.0. The predicted molar refractivity (Wildman–Crippen MR) is 61.6 cm³/mol.